The molecule has 1 aliphatic rings. The van der Waals surface area contributed by atoms with Crippen molar-refractivity contribution < 1.29 is 13.7 Å². The van der Waals surface area contributed by atoms with Gasteiger partial charge in [-0.25, -0.2) is 4.39 Å². The second-order valence-electron chi connectivity index (χ2n) is 7.93. The molecule has 0 unspecified atom stereocenters. The number of aryl methyl sites for hydroxylation is 2. The van der Waals surface area contributed by atoms with Crippen LogP contribution in [-0.4, -0.2) is 48.7 Å². The molecule has 0 spiro atoms. The Bertz CT molecular complexity index is 1120. The van der Waals surface area contributed by atoms with Gasteiger partial charge in [-0.3, -0.25) is 4.79 Å². The zero-order chi connectivity index (χ0) is 22.8. The number of anilines is 2. The van der Waals surface area contributed by atoms with Crippen molar-refractivity contribution in [2.24, 2.45) is 0 Å². The smallest absolute Gasteiger partial charge is 0.261 e. The van der Waals surface area contributed by atoms with Gasteiger partial charge >= 0.3 is 0 Å². The van der Waals surface area contributed by atoms with Crippen molar-refractivity contribution in [1.82, 2.24) is 10.1 Å². The summed E-state index contributed by atoms with van der Waals surface area (Å²) in [5.41, 5.74) is 3.05. The summed E-state index contributed by atoms with van der Waals surface area (Å²) in [5.74, 6) is -0.700. The average Bonchev–Trinajstić information content (AvgIpc) is 3.16. The highest BCUT2D eigenvalue weighted by Gasteiger charge is 2.26. The minimum atomic E-state index is -0.566. The number of carbonyl (C=O) groups is 1. The first-order valence-corrected chi connectivity index (χ1v) is 11.1. The maximum absolute atomic E-state index is 14.4. The van der Waals surface area contributed by atoms with Crippen molar-refractivity contribution in [2.45, 2.75) is 20.8 Å². The molecule has 1 aromatic heterocycles. The van der Waals surface area contributed by atoms with Crippen LogP contribution in [0.1, 0.15) is 28.6 Å². The fourth-order valence-electron chi connectivity index (χ4n) is 4.03. The number of nitrogens with one attached hydrogen (secondary N) is 1. The number of rotatable bonds is 5. The highest BCUT2D eigenvalue weighted by molar-refractivity contribution is 6.33. The molecule has 2 heterocycles. The number of likely N-dealkylation sites (N-methyl/N-ethyl adjacent to an activating group) is 1. The molecule has 0 radical (unpaired) electrons. The zero-order valence-electron chi connectivity index (χ0n) is 18.4. The zero-order valence-corrected chi connectivity index (χ0v) is 19.2. The van der Waals surface area contributed by atoms with E-state index in [0.717, 1.165) is 44.0 Å². The standard InChI is InChI=1S/C24H26ClFN4O2/c1-4-29-10-12-30(13-11-29)17-8-9-20(15(2)14-17)27-24(31)21-16(3)32-28-23(21)22-18(25)6-5-7-19(22)26/h5-9,14H,4,10-13H2,1-3H3,(H,27,31). The van der Waals surface area contributed by atoms with Crippen molar-refractivity contribution in [3.8, 4) is 11.3 Å². The van der Waals surface area contributed by atoms with Crippen molar-refractivity contribution in [1.29, 1.82) is 0 Å². The molecule has 1 amide bonds. The van der Waals surface area contributed by atoms with Gasteiger partial charge in [0.15, 0.2) is 0 Å². The van der Waals surface area contributed by atoms with Gasteiger partial charge in [-0.05, 0) is 56.3 Å². The van der Waals surface area contributed by atoms with Gasteiger partial charge < -0.3 is 19.6 Å². The summed E-state index contributed by atoms with van der Waals surface area (Å²) in [6.07, 6.45) is 0. The summed E-state index contributed by atoms with van der Waals surface area (Å²) < 4.78 is 19.7. The molecule has 1 fully saturated rings. The average molecular weight is 457 g/mol. The second kappa shape index (κ2) is 9.30. The Kier molecular flexibility index (Phi) is 6.48. The van der Waals surface area contributed by atoms with Crippen molar-refractivity contribution >= 4 is 28.9 Å². The SMILES string of the molecule is CCN1CCN(c2ccc(NC(=O)c3c(-c4c(F)cccc4Cl)noc3C)c(C)c2)CC1. The fourth-order valence-corrected chi connectivity index (χ4v) is 4.28. The molecular weight excluding hydrogens is 431 g/mol. The first-order chi connectivity index (χ1) is 15.4. The molecule has 6 nitrogen and oxygen atoms in total. The summed E-state index contributed by atoms with van der Waals surface area (Å²) in [6.45, 7) is 10.9. The Morgan fingerprint density at radius 1 is 1.19 bits per heavy atom. The van der Waals surface area contributed by atoms with Gasteiger partial charge in [0.2, 0.25) is 0 Å². The van der Waals surface area contributed by atoms with E-state index in [2.05, 4.69) is 33.3 Å². The van der Waals surface area contributed by atoms with Crippen LogP contribution >= 0.6 is 11.6 Å². The summed E-state index contributed by atoms with van der Waals surface area (Å²) in [6, 6.07) is 10.3. The molecule has 1 aliphatic heterocycles. The number of hydrogen-bond acceptors (Lipinski definition) is 5. The molecular formula is C24H26ClFN4O2. The highest BCUT2D eigenvalue weighted by atomic mass is 35.5. The minimum Gasteiger partial charge on any atom is -0.369 e. The van der Waals surface area contributed by atoms with Gasteiger partial charge in [-0.15, -0.1) is 0 Å². The predicted octanol–water partition coefficient (Wildman–Crippen LogP) is 5.15. The van der Waals surface area contributed by atoms with Crippen molar-refractivity contribution in [2.75, 3.05) is 42.9 Å². The fraction of sp³-hybridized carbons (Fsp3) is 0.333. The minimum absolute atomic E-state index is 0.0504. The second-order valence-corrected chi connectivity index (χ2v) is 8.34. The summed E-state index contributed by atoms with van der Waals surface area (Å²) in [5, 5.41) is 6.99. The molecule has 3 aromatic rings. The number of piperazine rings is 1. The van der Waals surface area contributed by atoms with E-state index in [1.165, 1.54) is 12.1 Å². The van der Waals surface area contributed by atoms with E-state index < -0.39 is 11.7 Å². The van der Waals surface area contributed by atoms with E-state index in [1.54, 1.807) is 13.0 Å². The lowest BCUT2D eigenvalue weighted by Crippen LogP contribution is -2.46. The Labute approximate surface area is 191 Å². The molecule has 2 aromatic carbocycles. The lowest BCUT2D eigenvalue weighted by Gasteiger charge is -2.35. The van der Waals surface area contributed by atoms with E-state index >= 15 is 0 Å². The van der Waals surface area contributed by atoms with Gasteiger partial charge in [0.1, 0.15) is 22.8 Å². The molecule has 0 aliphatic carbocycles. The van der Waals surface area contributed by atoms with E-state index in [0.29, 0.717) is 11.4 Å². The first kappa shape index (κ1) is 22.3. The van der Waals surface area contributed by atoms with E-state index in [4.69, 9.17) is 16.1 Å². The van der Waals surface area contributed by atoms with Crippen molar-refractivity contribution in [3.05, 3.63) is 64.1 Å². The van der Waals surface area contributed by atoms with Gasteiger partial charge in [-0.1, -0.05) is 29.7 Å². The van der Waals surface area contributed by atoms with Crippen LogP contribution < -0.4 is 10.2 Å². The lowest BCUT2D eigenvalue weighted by molar-refractivity contribution is 0.102. The van der Waals surface area contributed by atoms with Crippen LogP contribution in [-0.2, 0) is 0 Å². The van der Waals surface area contributed by atoms with Gasteiger partial charge in [-0.2, -0.15) is 0 Å². The molecule has 1 saturated heterocycles. The van der Waals surface area contributed by atoms with E-state index in [-0.39, 0.29) is 21.8 Å². The molecule has 0 saturated carbocycles. The highest BCUT2D eigenvalue weighted by Crippen LogP contribution is 2.34. The summed E-state index contributed by atoms with van der Waals surface area (Å²) in [4.78, 5) is 17.9. The monoisotopic (exact) mass is 456 g/mol. The number of halogens is 2. The van der Waals surface area contributed by atoms with Crippen LogP contribution in [0.4, 0.5) is 15.8 Å². The summed E-state index contributed by atoms with van der Waals surface area (Å²) >= 11 is 6.18. The molecule has 0 atom stereocenters. The van der Waals surface area contributed by atoms with Crippen LogP contribution in [0.3, 0.4) is 0 Å². The number of aromatic nitrogens is 1. The van der Waals surface area contributed by atoms with Gasteiger partial charge in [0.05, 0.1) is 10.6 Å². The Balaban J connectivity index is 1.56. The quantitative estimate of drug-likeness (QED) is 0.575. The third-order valence-electron chi connectivity index (χ3n) is 5.93. The number of hydrogen-bond donors (Lipinski definition) is 1. The normalized spacial score (nSPS) is 14.6. The number of nitrogens with zero attached hydrogens (tertiary/aromatic N) is 3. The maximum atomic E-state index is 14.4. The van der Waals surface area contributed by atoms with Crippen LogP contribution in [0, 0.1) is 19.7 Å². The third-order valence-corrected chi connectivity index (χ3v) is 6.25. The molecule has 1 N–H and O–H groups in total. The molecule has 168 valence electrons. The van der Waals surface area contributed by atoms with Crippen molar-refractivity contribution in [3.63, 3.8) is 0 Å². The first-order valence-electron chi connectivity index (χ1n) is 10.7. The predicted molar refractivity (Wildman–Crippen MR) is 125 cm³/mol. The largest absolute Gasteiger partial charge is 0.369 e. The van der Waals surface area contributed by atoms with Gasteiger partial charge in [0, 0.05) is 37.6 Å². The Morgan fingerprint density at radius 3 is 2.59 bits per heavy atom. The molecule has 32 heavy (non-hydrogen) atoms. The molecule has 0 bridgehead atoms. The third kappa shape index (κ3) is 4.36. The topological polar surface area (TPSA) is 61.6 Å². The summed E-state index contributed by atoms with van der Waals surface area (Å²) in [7, 11) is 0. The van der Waals surface area contributed by atoms with Gasteiger partial charge in [0.25, 0.3) is 5.91 Å². The Morgan fingerprint density at radius 2 is 1.94 bits per heavy atom. The number of benzene rings is 2. The lowest BCUT2D eigenvalue weighted by atomic mass is 10.0. The Hall–Kier alpha value is -2.90. The number of amides is 1. The molecule has 8 heteroatoms. The van der Waals surface area contributed by atoms with Crippen LogP contribution in [0.5, 0.6) is 0 Å². The van der Waals surface area contributed by atoms with Crippen LogP contribution in [0.25, 0.3) is 11.3 Å². The van der Waals surface area contributed by atoms with Crippen LogP contribution in [0.15, 0.2) is 40.9 Å². The van der Waals surface area contributed by atoms with E-state index in [9.17, 15) is 9.18 Å². The maximum Gasteiger partial charge on any atom is 0.261 e. The number of carbonyl (C=O) groups excluding carboxylic acids is 1. The van der Waals surface area contributed by atoms with E-state index in [1.807, 2.05) is 19.1 Å². The van der Waals surface area contributed by atoms with Crippen LogP contribution in [0.2, 0.25) is 5.02 Å². The molecule has 4 rings (SSSR count).